The summed E-state index contributed by atoms with van der Waals surface area (Å²) in [7, 11) is 0. The van der Waals surface area contributed by atoms with Gasteiger partial charge in [-0.05, 0) is 17.4 Å². The van der Waals surface area contributed by atoms with Crippen LogP contribution in [-0.4, -0.2) is 30.9 Å². The second-order valence-electron chi connectivity index (χ2n) is 4.57. The van der Waals surface area contributed by atoms with Gasteiger partial charge in [0.05, 0.1) is 5.75 Å². The van der Waals surface area contributed by atoms with Gasteiger partial charge in [0, 0.05) is 0 Å². The summed E-state index contributed by atoms with van der Waals surface area (Å²) in [5, 5.41) is 16.6. The number of carboxylic acid groups (broad SMARTS) is 1. The van der Waals surface area contributed by atoms with Crippen LogP contribution in [0.25, 0.3) is 5.65 Å². The Kier molecular flexibility index (Phi) is 4.13. The average molecular weight is 319 g/mol. The lowest BCUT2D eigenvalue weighted by Crippen LogP contribution is -2.15. The first-order chi connectivity index (χ1) is 9.71. The van der Waals surface area contributed by atoms with Gasteiger partial charge in [0.1, 0.15) is 17.1 Å². The van der Waals surface area contributed by atoms with Crippen LogP contribution in [-0.2, 0) is 11.9 Å². The fourth-order valence-corrected chi connectivity index (χ4v) is 2.45. The van der Waals surface area contributed by atoms with Crippen molar-refractivity contribution in [3.05, 3.63) is 29.2 Å². The second kappa shape index (κ2) is 5.55. The van der Waals surface area contributed by atoms with Gasteiger partial charge >= 0.3 is 12.1 Å². The number of carboxylic acids is 1. The first-order valence-corrected chi connectivity index (χ1v) is 7.05. The summed E-state index contributed by atoms with van der Waals surface area (Å²) in [4.78, 5) is 11.1. The maximum atomic E-state index is 13.1. The zero-order chi connectivity index (χ0) is 15.8. The molecule has 114 valence electrons. The van der Waals surface area contributed by atoms with Gasteiger partial charge in [0.2, 0.25) is 0 Å². The van der Waals surface area contributed by atoms with E-state index in [0.717, 1.165) is 16.5 Å². The summed E-state index contributed by atoms with van der Waals surface area (Å²) in [6.45, 7) is 3.81. The molecule has 0 saturated heterocycles. The molecule has 0 fully saturated rings. The van der Waals surface area contributed by atoms with Crippen molar-refractivity contribution in [3.8, 4) is 0 Å². The number of hydrogen-bond donors (Lipinski definition) is 1. The monoisotopic (exact) mass is 319 g/mol. The van der Waals surface area contributed by atoms with Gasteiger partial charge in [-0.2, -0.15) is 24.9 Å². The molecule has 0 bridgehead atoms. The SMILES string of the molecule is CC(C)SCc1nnc2c(C(=O)O)ccc(C(F)(F)F)n12. The number of carbonyl (C=O) groups is 1. The van der Waals surface area contributed by atoms with Crippen molar-refractivity contribution in [1.82, 2.24) is 14.6 Å². The van der Waals surface area contributed by atoms with E-state index in [2.05, 4.69) is 10.2 Å². The molecule has 0 unspecified atom stereocenters. The van der Waals surface area contributed by atoms with Gasteiger partial charge in [-0.1, -0.05) is 13.8 Å². The number of nitrogens with zero attached hydrogens (tertiary/aromatic N) is 3. The predicted octanol–water partition coefficient (Wildman–Crippen LogP) is 3.09. The topological polar surface area (TPSA) is 67.5 Å². The molecule has 0 saturated carbocycles. The molecule has 0 radical (unpaired) electrons. The van der Waals surface area contributed by atoms with Crippen molar-refractivity contribution >= 4 is 23.4 Å². The Bertz CT molecular complexity index is 682. The molecule has 0 amide bonds. The molecule has 1 N–H and O–H groups in total. The van der Waals surface area contributed by atoms with E-state index < -0.39 is 17.8 Å². The molecule has 2 aromatic heterocycles. The Morgan fingerprint density at radius 2 is 2.05 bits per heavy atom. The van der Waals surface area contributed by atoms with Crippen LogP contribution in [0.3, 0.4) is 0 Å². The Morgan fingerprint density at radius 3 is 2.57 bits per heavy atom. The average Bonchev–Trinajstić information content (AvgIpc) is 2.77. The van der Waals surface area contributed by atoms with Crippen molar-refractivity contribution in [3.63, 3.8) is 0 Å². The van der Waals surface area contributed by atoms with Crippen molar-refractivity contribution in [2.75, 3.05) is 0 Å². The molecular formula is C12H12F3N3O2S. The third-order valence-electron chi connectivity index (χ3n) is 2.69. The molecule has 2 rings (SSSR count). The second-order valence-corrected chi connectivity index (χ2v) is 6.13. The van der Waals surface area contributed by atoms with Gasteiger partial charge in [-0.25, -0.2) is 4.79 Å². The highest BCUT2D eigenvalue weighted by molar-refractivity contribution is 7.99. The molecule has 0 atom stereocenters. The molecule has 21 heavy (non-hydrogen) atoms. The van der Waals surface area contributed by atoms with Gasteiger partial charge in [0.15, 0.2) is 5.65 Å². The Balaban J connectivity index is 2.66. The third-order valence-corrected chi connectivity index (χ3v) is 3.78. The van der Waals surface area contributed by atoms with Crippen LogP contribution < -0.4 is 0 Å². The van der Waals surface area contributed by atoms with Crippen molar-refractivity contribution < 1.29 is 23.1 Å². The predicted molar refractivity (Wildman–Crippen MR) is 71.4 cm³/mol. The number of alkyl halides is 3. The minimum absolute atomic E-state index is 0.0825. The molecule has 5 nitrogen and oxygen atoms in total. The fraction of sp³-hybridized carbons (Fsp3) is 0.417. The van der Waals surface area contributed by atoms with Crippen LogP contribution in [0, 0.1) is 0 Å². The normalized spacial score (nSPS) is 12.3. The number of aromatic nitrogens is 3. The minimum atomic E-state index is -4.62. The number of aromatic carboxylic acids is 1. The lowest BCUT2D eigenvalue weighted by Gasteiger charge is -2.12. The van der Waals surface area contributed by atoms with Gasteiger partial charge in [-0.15, -0.1) is 10.2 Å². The van der Waals surface area contributed by atoms with Crippen LogP contribution in [0.2, 0.25) is 0 Å². The summed E-state index contributed by atoms with van der Waals surface area (Å²) < 4.78 is 40.0. The first kappa shape index (κ1) is 15.6. The van der Waals surface area contributed by atoms with Crippen molar-refractivity contribution in [2.24, 2.45) is 0 Å². The molecule has 0 aromatic carbocycles. The van der Waals surface area contributed by atoms with Crippen molar-refractivity contribution in [1.29, 1.82) is 0 Å². The maximum absolute atomic E-state index is 13.1. The number of rotatable bonds is 4. The minimum Gasteiger partial charge on any atom is -0.478 e. The fourth-order valence-electron chi connectivity index (χ4n) is 1.78. The van der Waals surface area contributed by atoms with E-state index in [1.807, 2.05) is 13.8 Å². The Hall–Kier alpha value is -1.77. The number of pyridine rings is 1. The van der Waals surface area contributed by atoms with Crippen molar-refractivity contribution in [2.45, 2.75) is 31.0 Å². The van der Waals surface area contributed by atoms with Gasteiger partial charge in [-0.3, -0.25) is 4.40 Å². The van der Waals surface area contributed by atoms with Crippen LogP contribution in [0.5, 0.6) is 0 Å². The van der Waals surface area contributed by atoms with E-state index in [1.165, 1.54) is 11.8 Å². The largest absolute Gasteiger partial charge is 0.478 e. The molecule has 2 aromatic rings. The molecule has 0 spiro atoms. The Labute approximate surface area is 122 Å². The highest BCUT2D eigenvalue weighted by atomic mass is 32.2. The van der Waals surface area contributed by atoms with E-state index in [0.29, 0.717) is 0 Å². The number of fused-ring (bicyclic) bond motifs is 1. The molecular weight excluding hydrogens is 307 g/mol. The molecule has 9 heteroatoms. The van der Waals surface area contributed by atoms with E-state index in [4.69, 9.17) is 5.11 Å². The molecule has 2 heterocycles. The van der Waals surface area contributed by atoms with E-state index in [9.17, 15) is 18.0 Å². The Morgan fingerprint density at radius 1 is 1.38 bits per heavy atom. The first-order valence-electron chi connectivity index (χ1n) is 6.01. The number of thioether (sulfide) groups is 1. The van der Waals surface area contributed by atoms with E-state index in [-0.39, 0.29) is 28.0 Å². The lowest BCUT2D eigenvalue weighted by atomic mass is 10.2. The van der Waals surface area contributed by atoms with E-state index >= 15 is 0 Å². The molecule has 0 aliphatic carbocycles. The lowest BCUT2D eigenvalue weighted by molar-refractivity contribution is -0.142. The van der Waals surface area contributed by atoms with Gasteiger partial charge < -0.3 is 5.11 Å². The smallest absolute Gasteiger partial charge is 0.431 e. The maximum Gasteiger partial charge on any atom is 0.431 e. The standard InChI is InChI=1S/C12H12F3N3O2S/c1-6(2)21-5-9-16-17-10-7(11(19)20)3-4-8(18(9)10)12(13,14)15/h3-4,6H,5H2,1-2H3,(H,19,20). The summed E-state index contributed by atoms with van der Waals surface area (Å²) in [5.41, 5.74) is -1.58. The van der Waals surface area contributed by atoms with Crippen LogP contribution in [0.1, 0.15) is 35.7 Å². The highest BCUT2D eigenvalue weighted by Crippen LogP contribution is 2.32. The third kappa shape index (κ3) is 3.12. The molecule has 0 aliphatic heterocycles. The molecule has 0 aliphatic rings. The summed E-state index contributed by atoms with van der Waals surface area (Å²) in [5.74, 6) is -1.05. The quantitative estimate of drug-likeness (QED) is 0.938. The number of hydrogen-bond acceptors (Lipinski definition) is 4. The zero-order valence-electron chi connectivity index (χ0n) is 11.2. The van der Waals surface area contributed by atoms with Crippen LogP contribution in [0.15, 0.2) is 12.1 Å². The highest BCUT2D eigenvalue weighted by Gasteiger charge is 2.35. The summed E-state index contributed by atoms with van der Waals surface area (Å²) >= 11 is 1.40. The van der Waals surface area contributed by atoms with E-state index in [1.54, 1.807) is 0 Å². The number of halogens is 3. The zero-order valence-corrected chi connectivity index (χ0v) is 12.0. The van der Waals surface area contributed by atoms with Crippen LogP contribution in [0.4, 0.5) is 13.2 Å². The van der Waals surface area contributed by atoms with Crippen LogP contribution >= 0.6 is 11.8 Å². The van der Waals surface area contributed by atoms with Gasteiger partial charge in [0.25, 0.3) is 0 Å². The summed E-state index contributed by atoms with van der Waals surface area (Å²) in [6.07, 6.45) is -4.62. The summed E-state index contributed by atoms with van der Waals surface area (Å²) in [6, 6.07) is 1.64.